The van der Waals surface area contributed by atoms with Gasteiger partial charge in [-0.25, -0.2) is 0 Å². The Bertz CT molecular complexity index is 955. The van der Waals surface area contributed by atoms with Crippen molar-refractivity contribution in [3.8, 4) is 17.6 Å². The van der Waals surface area contributed by atoms with Crippen molar-refractivity contribution in [3.05, 3.63) is 65.7 Å². The van der Waals surface area contributed by atoms with E-state index in [9.17, 15) is 9.59 Å². The topological polar surface area (TPSA) is 79.6 Å². The molecule has 0 atom stereocenters. The maximum atomic E-state index is 12.6. The van der Waals surface area contributed by atoms with Gasteiger partial charge in [0.2, 0.25) is 5.91 Å². The van der Waals surface area contributed by atoms with E-state index in [0.29, 0.717) is 37.4 Å². The van der Waals surface area contributed by atoms with Gasteiger partial charge in [-0.2, -0.15) is 5.26 Å². The lowest BCUT2D eigenvalue weighted by Gasteiger charge is -2.30. The summed E-state index contributed by atoms with van der Waals surface area (Å²) in [5.74, 6) is 1.02. The highest BCUT2D eigenvalue weighted by molar-refractivity contribution is 5.98. The predicted molar refractivity (Wildman–Crippen MR) is 113 cm³/mol. The SMILES string of the molecule is COc1cc(/C=C/C(=O)N2CCC(C(=O)c3ccccc3)CC2)ccc1OCC#N. The van der Waals surface area contributed by atoms with E-state index >= 15 is 0 Å². The molecule has 0 aliphatic carbocycles. The Balaban J connectivity index is 1.56. The van der Waals surface area contributed by atoms with Crippen molar-refractivity contribution in [2.24, 2.45) is 5.92 Å². The Kier molecular flexibility index (Phi) is 7.23. The molecule has 0 saturated carbocycles. The van der Waals surface area contributed by atoms with E-state index in [1.165, 1.54) is 13.2 Å². The number of amides is 1. The Morgan fingerprint density at radius 3 is 2.53 bits per heavy atom. The molecular weight excluding hydrogens is 380 g/mol. The summed E-state index contributed by atoms with van der Waals surface area (Å²) >= 11 is 0. The van der Waals surface area contributed by atoms with Crippen LogP contribution in [-0.2, 0) is 4.79 Å². The molecule has 6 heteroatoms. The largest absolute Gasteiger partial charge is 0.493 e. The van der Waals surface area contributed by atoms with Gasteiger partial charge in [0, 0.05) is 30.6 Å². The highest BCUT2D eigenvalue weighted by Crippen LogP contribution is 2.28. The molecule has 0 radical (unpaired) electrons. The van der Waals surface area contributed by atoms with Crippen LogP contribution in [-0.4, -0.2) is 43.4 Å². The summed E-state index contributed by atoms with van der Waals surface area (Å²) in [4.78, 5) is 26.9. The number of nitriles is 1. The summed E-state index contributed by atoms with van der Waals surface area (Å²) in [5.41, 5.74) is 1.52. The van der Waals surface area contributed by atoms with Gasteiger partial charge in [0.25, 0.3) is 0 Å². The standard InChI is InChI=1S/C24H24N2O4/c1-29-22-17-18(7-9-21(22)30-16-13-25)8-10-23(27)26-14-11-20(12-15-26)24(28)19-5-3-2-4-6-19/h2-10,17,20H,11-12,14-16H2,1H3/b10-8+. The Morgan fingerprint density at radius 2 is 1.87 bits per heavy atom. The number of ketones is 1. The number of nitrogens with zero attached hydrogens (tertiary/aromatic N) is 2. The maximum Gasteiger partial charge on any atom is 0.246 e. The van der Waals surface area contributed by atoms with Gasteiger partial charge in [-0.15, -0.1) is 0 Å². The number of carbonyl (C=O) groups is 2. The van der Waals surface area contributed by atoms with E-state index in [2.05, 4.69) is 0 Å². The second kappa shape index (κ2) is 10.3. The van der Waals surface area contributed by atoms with E-state index in [0.717, 1.165) is 11.1 Å². The van der Waals surface area contributed by atoms with Crippen LogP contribution in [0.3, 0.4) is 0 Å². The number of hydrogen-bond acceptors (Lipinski definition) is 5. The normalized spacial score (nSPS) is 14.3. The van der Waals surface area contributed by atoms with Gasteiger partial charge in [0.15, 0.2) is 23.9 Å². The summed E-state index contributed by atoms with van der Waals surface area (Å²) in [7, 11) is 1.52. The Morgan fingerprint density at radius 1 is 1.13 bits per heavy atom. The Hall–Kier alpha value is -3.59. The third-order valence-corrected chi connectivity index (χ3v) is 5.13. The number of benzene rings is 2. The fourth-order valence-corrected chi connectivity index (χ4v) is 3.49. The zero-order valence-electron chi connectivity index (χ0n) is 16.9. The molecule has 0 unspecified atom stereocenters. The first-order chi connectivity index (χ1) is 14.6. The van der Waals surface area contributed by atoms with Crippen molar-refractivity contribution >= 4 is 17.8 Å². The minimum absolute atomic E-state index is 0.0364. The van der Waals surface area contributed by atoms with Gasteiger partial charge < -0.3 is 14.4 Å². The molecule has 1 fully saturated rings. The fourth-order valence-electron chi connectivity index (χ4n) is 3.49. The molecule has 154 valence electrons. The van der Waals surface area contributed by atoms with E-state index in [4.69, 9.17) is 14.7 Å². The Labute approximate surface area is 176 Å². The monoisotopic (exact) mass is 404 g/mol. The number of rotatable bonds is 7. The smallest absolute Gasteiger partial charge is 0.246 e. The summed E-state index contributed by atoms with van der Waals surface area (Å²) in [5, 5.41) is 8.63. The van der Waals surface area contributed by atoms with Crippen LogP contribution in [0.1, 0.15) is 28.8 Å². The molecule has 2 aromatic carbocycles. The van der Waals surface area contributed by atoms with Crippen LogP contribution in [0.2, 0.25) is 0 Å². The molecule has 0 spiro atoms. The van der Waals surface area contributed by atoms with Gasteiger partial charge in [-0.05, 0) is 36.6 Å². The third kappa shape index (κ3) is 5.26. The van der Waals surface area contributed by atoms with Gasteiger partial charge in [0.1, 0.15) is 6.07 Å². The second-order valence-corrected chi connectivity index (χ2v) is 7.02. The third-order valence-electron chi connectivity index (χ3n) is 5.13. The van der Waals surface area contributed by atoms with Crippen LogP contribution in [0.4, 0.5) is 0 Å². The average molecular weight is 404 g/mol. The van der Waals surface area contributed by atoms with Crippen LogP contribution < -0.4 is 9.47 Å². The molecule has 1 aliphatic rings. The van der Waals surface area contributed by atoms with Crippen molar-refractivity contribution < 1.29 is 19.1 Å². The number of Topliss-reactive ketones (excluding diaryl/α,β-unsaturated/α-hetero) is 1. The fraction of sp³-hybridized carbons (Fsp3) is 0.292. The van der Waals surface area contributed by atoms with Crippen molar-refractivity contribution in [3.63, 3.8) is 0 Å². The molecule has 1 amide bonds. The van der Waals surface area contributed by atoms with Crippen LogP contribution in [0.25, 0.3) is 6.08 Å². The van der Waals surface area contributed by atoms with Crippen LogP contribution in [0.5, 0.6) is 11.5 Å². The highest BCUT2D eigenvalue weighted by Gasteiger charge is 2.27. The molecule has 1 aliphatic heterocycles. The number of likely N-dealkylation sites (tertiary alicyclic amines) is 1. The first-order valence-electron chi connectivity index (χ1n) is 9.86. The molecule has 2 aromatic rings. The molecule has 0 bridgehead atoms. The summed E-state index contributed by atoms with van der Waals surface area (Å²) in [6.07, 6.45) is 4.60. The minimum Gasteiger partial charge on any atom is -0.493 e. The van der Waals surface area contributed by atoms with Crippen LogP contribution in [0, 0.1) is 17.2 Å². The zero-order chi connectivity index (χ0) is 21.3. The molecule has 0 N–H and O–H groups in total. The second-order valence-electron chi connectivity index (χ2n) is 7.02. The highest BCUT2D eigenvalue weighted by atomic mass is 16.5. The van der Waals surface area contributed by atoms with E-state index < -0.39 is 0 Å². The van der Waals surface area contributed by atoms with Gasteiger partial charge in [-0.3, -0.25) is 9.59 Å². The molecule has 1 heterocycles. The zero-order valence-corrected chi connectivity index (χ0v) is 16.9. The van der Waals surface area contributed by atoms with Gasteiger partial charge in [0.05, 0.1) is 7.11 Å². The summed E-state index contributed by atoms with van der Waals surface area (Å²) in [6.45, 7) is 1.07. The lowest BCUT2D eigenvalue weighted by molar-refractivity contribution is -0.127. The number of piperidine rings is 1. The first-order valence-corrected chi connectivity index (χ1v) is 9.86. The number of ether oxygens (including phenoxy) is 2. The van der Waals surface area contributed by atoms with E-state index in [-0.39, 0.29) is 24.2 Å². The molecular formula is C24H24N2O4. The maximum absolute atomic E-state index is 12.6. The van der Waals surface area contributed by atoms with Crippen molar-refractivity contribution in [1.82, 2.24) is 4.90 Å². The molecule has 1 saturated heterocycles. The molecule has 30 heavy (non-hydrogen) atoms. The quantitative estimate of drug-likeness (QED) is 0.519. The van der Waals surface area contributed by atoms with Crippen molar-refractivity contribution in [2.45, 2.75) is 12.8 Å². The van der Waals surface area contributed by atoms with E-state index in [1.54, 1.807) is 29.2 Å². The lowest BCUT2D eigenvalue weighted by atomic mass is 9.89. The number of carbonyl (C=O) groups excluding carboxylic acids is 2. The first kappa shape index (κ1) is 21.1. The average Bonchev–Trinajstić information content (AvgIpc) is 2.81. The molecule has 6 nitrogen and oxygen atoms in total. The van der Waals surface area contributed by atoms with Crippen LogP contribution >= 0.6 is 0 Å². The number of methoxy groups -OCH3 is 1. The number of hydrogen-bond donors (Lipinski definition) is 0. The molecule has 0 aromatic heterocycles. The minimum atomic E-state index is -0.0793. The lowest BCUT2D eigenvalue weighted by Crippen LogP contribution is -2.39. The van der Waals surface area contributed by atoms with Crippen molar-refractivity contribution in [1.29, 1.82) is 5.26 Å². The summed E-state index contributed by atoms with van der Waals surface area (Å²) in [6, 6.07) is 16.5. The summed E-state index contributed by atoms with van der Waals surface area (Å²) < 4.78 is 10.6. The predicted octanol–water partition coefficient (Wildman–Crippen LogP) is 3.73. The van der Waals surface area contributed by atoms with E-state index in [1.807, 2.05) is 36.4 Å². The van der Waals surface area contributed by atoms with Crippen LogP contribution in [0.15, 0.2) is 54.6 Å². The molecule has 3 rings (SSSR count). The van der Waals surface area contributed by atoms with Gasteiger partial charge in [-0.1, -0.05) is 36.4 Å². The van der Waals surface area contributed by atoms with Crippen molar-refractivity contribution in [2.75, 3.05) is 26.8 Å². The van der Waals surface area contributed by atoms with Gasteiger partial charge >= 0.3 is 0 Å².